The molecule has 4 N–H and O–H groups in total. The average molecular weight is 362 g/mol. The van der Waals surface area contributed by atoms with Crippen molar-refractivity contribution in [3.8, 4) is 0 Å². The van der Waals surface area contributed by atoms with E-state index in [1.54, 1.807) is 18.2 Å². The molecule has 0 amide bonds. The van der Waals surface area contributed by atoms with Crippen LogP contribution >= 0.6 is 27.3 Å². The van der Waals surface area contributed by atoms with Crippen molar-refractivity contribution in [3.63, 3.8) is 0 Å². The molecule has 0 unspecified atom stereocenters. The Hall–Kier alpha value is -0.930. The van der Waals surface area contributed by atoms with E-state index in [-0.39, 0.29) is 11.4 Å². The summed E-state index contributed by atoms with van der Waals surface area (Å²) in [5, 5.41) is 1.89. The molecule has 1 aromatic heterocycles. The van der Waals surface area contributed by atoms with Crippen LogP contribution in [0.25, 0.3) is 0 Å². The fraction of sp³-hybridized carbons (Fsp3) is 0.0909. The Morgan fingerprint density at radius 2 is 2.00 bits per heavy atom. The second-order valence-corrected chi connectivity index (χ2v) is 7.25. The normalized spacial score (nSPS) is 11.5. The predicted molar refractivity (Wildman–Crippen MR) is 80.3 cm³/mol. The summed E-state index contributed by atoms with van der Waals surface area (Å²) >= 11 is 4.84. The molecule has 0 saturated carbocycles. The third-order valence-corrected chi connectivity index (χ3v) is 5.83. The first kappa shape index (κ1) is 14.5. The first-order valence-corrected chi connectivity index (χ1v) is 8.47. The minimum Gasteiger partial charge on any atom is -0.323 e. The summed E-state index contributed by atoms with van der Waals surface area (Å²) < 4.78 is 27.8. The number of sulfonamides is 1. The maximum atomic E-state index is 12.2. The van der Waals surface area contributed by atoms with Gasteiger partial charge in [0.1, 0.15) is 4.90 Å². The predicted octanol–water partition coefficient (Wildman–Crippen LogP) is 2.27. The molecule has 0 fully saturated rings. The Labute approximate surface area is 124 Å². The van der Waals surface area contributed by atoms with Crippen molar-refractivity contribution in [2.75, 3.05) is 5.43 Å². The van der Waals surface area contributed by atoms with Gasteiger partial charge < -0.3 is 5.43 Å². The van der Waals surface area contributed by atoms with Gasteiger partial charge in [-0.15, -0.1) is 11.3 Å². The van der Waals surface area contributed by atoms with Gasteiger partial charge in [0, 0.05) is 15.9 Å². The maximum Gasteiger partial charge on any atom is 0.243 e. The summed E-state index contributed by atoms with van der Waals surface area (Å²) in [6.45, 7) is 0.236. The third kappa shape index (κ3) is 3.34. The number of anilines is 1. The van der Waals surface area contributed by atoms with E-state index in [0.717, 1.165) is 9.35 Å². The number of hydrogen-bond donors (Lipinski definition) is 3. The van der Waals surface area contributed by atoms with Gasteiger partial charge >= 0.3 is 0 Å². The first-order chi connectivity index (χ1) is 9.04. The average Bonchev–Trinajstić information content (AvgIpc) is 2.82. The Morgan fingerprint density at radius 1 is 1.26 bits per heavy atom. The van der Waals surface area contributed by atoms with Gasteiger partial charge in [-0.2, -0.15) is 0 Å². The fourth-order valence-corrected chi connectivity index (χ4v) is 4.20. The molecular weight excluding hydrogens is 350 g/mol. The molecule has 0 spiro atoms. The monoisotopic (exact) mass is 361 g/mol. The Kier molecular flexibility index (Phi) is 4.58. The Morgan fingerprint density at radius 3 is 2.63 bits per heavy atom. The van der Waals surface area contributed by atoms with E-state index in [4.69, 9.17) is 5.84 Å². The molecule has 1 heterocycles. The van der Waals surface area contributed by atoms with Gasteiger partial charge in [-0.25, -0.2) is 13.1 Å². The number of para-hydroxylation sites is 1. The van der Waals surface area contributed by atoms with E-state index in [1.165, 1.54) is 17.4 Å². The zero-order chi connectivity index (χ0) is 13.9. The molecule has 8 heteroatoms. The maximum absolute atomic E-state index is 12.2. The van der Waals surface area contributed by atoms with Crippen molar-refractivity contribution in [1.29, 1.82) is 0 Å². The highest BCUT2D eigenvalue weighted by molar-refractivity contribution is 9.10. The van der Waals surface area contributed by atoms with Crippen LogP contribution in [0.2, 0.25) is 0 Å². The zero-order valence-electron chi connectivity index (χ0n) is 9.76. The lowest BCUT2D eigenvalue weighted by Crippen LogP contribution is -2.24. The van der Waals surface area contributed by atoms with E-state index < -0.39 is 10.0 Å². The largest absolute Gasteiger partial charge is 0.323 e. The molecule has 5 nitrogen and oxygen atoms in total. The molecule has 2 rings (SSSR count). The van der Waals surface area contributed by atoms with Gasteiger partial charge in [0.25, 0.3) is 0 Å². The minimum absolute atomic E-state index is 0.130. The highest BCUT2D eigenvalue weighted by atomic mass is 79.9. The lowest BCUT2D eigenvalue weighted by molar-refractivity contribution is 0.582. The summed E-state index contributed by atoms with van der Waals surface area (Å²) in [6.07, 6.45) is 0. The number of nitrogen functional groups attached to an aromatic ring is 1. The molecule has 0 saturated heterocycles. The molecule has 0 atom stereocenters. The van der Waals surface area contributed by atoms with Gasteiger partial charge in [-0.3, -0.25) is 5.84 Å². The number of hydrogen-bond acceptors (Lipinski definition) is 5. The summed E-state index contributed by atoms with van der Waals surface area (Å²) in [7, 11) is -3.60. The third-order valence-electron chi connectivity index (χ3n) is 2.45. The van der Waals surface area contributed by atoms with Gasteiger partial charge in [0.15, 0.2) is 0 Å². The van der Waals surface area contributed by atoms with Crippen LogP contribution in [0.15, 0.2) is 45.1 Å². The standard InChI is InChI=1S/C11H12BrN3O2S2/c12-8-5-6-18-10(8)7-14-19(16,17)11-4-2-1-3-9(11)15-13/h1-6,14-15H,7,13H2. The van der Waals surface area contributed by atoms with Crippen LogP contribution < -0.4 is 16.0 Å². The van der Waals surface area contributed by atoms with Gasteiger partial charge in [0.05, 0.1) is 5.69 Å². The van der Waals surface area contributed by atoms with E-state index in [1.807, 2.05) is 11.4 Å². The Bertz CT molecular complexity index is 670. The van der Waals surface area contributed by atoms with E-state index in [2.05, 4.69) is 26.1 Å². The van der Waals surface area contributed by atoms with Gasteiger partial charge in [-0.05, 0) is 39.5 Å². The molecule has 0 aliphatic heterocycles. The molecule has 0 aliphatic rings. The number of halogens is 1. The van der Waals surface area contributed by atoms with Crippen molar-refractivity contribution in [2.24, 2.45) is 5.84 Å². The molecule has 2 aromatic rings. The van der Waals surface area contributed by atoms with E-state index in [0.29, 0.717) is 5.69 Å². The summed E-state index contributed by atoms with van der Waals surface area (Å²) in [4.78, 5) is 1.05. The van der Waals surface area contributed by atoms with Crippen molar-refractivity contribution in [3.05, 3.63) is 45.1 Å². The van der Waals surface area contributed by atoms with Crippen LogP contribution in [-0.4, -0.2) is 8.42 Å². The summed E-state index contributed by atoms with van der Waals surface area (Å²) in [5.41, 5.74) is 2.74. The molecule has 0 radical (unpaired) electrons. The number of rotatable bonds is 5. The van der Waals surface area contributed by atoms with E-state index in [9.17, 15) is 8.42 Å². The van der Waals surface area contributed by atoms with Crippen LogP contribution in [-0.2, 0) is 16.6 Å². The number of hydrazine groups is 1. The molecule has 1 aromatic carbocycles. The topological polar surface area (TPSA) is 84.2 Å². The first-order valence-electron chi connectivity index (χ1n) is 5.32. The van der Waals surface area contributed by atoms with Crippen molar-refractivity contribution >= 4 is 43.0 Å². The SMILES string of the molecule is NNc1ccccc1S(=O)(=O)NCc1sccc1Br. The van der Waals surface area contributed by atoms with Crippen LogP contribution in [0.4, 0.5) is 5.69 Å². The number of nitrogens with two attached hydrogens (primary N) is 1. The molecule has 0 bridgehead atoms. The van der Waals surface area contributed by atoms with Crippen LogP contribution in [0.3, 0.4) is 0 Å². The van der Waals surface area contributed by atoms with Crippen LogP contribution in [0.1, 0.15) is 4.88 Å². The molecular formula is C11H12BrN3O2S2. The summed E-state index contributed by atoms with van der Waals surface area (Å²) in [5.74, 6) is 5.31. The van der Waals surface area contributed by atoms with Crippen molar-refractivity contribution < 1.29 is 8.42 Å². The number of thiophene rings is 1. The Balaban J connectivity index is 2.21. The van der Waals surface area contributed by atoms with Crippen LogP contribution in [0.5, 0.6) is 0 Å². The van der Waals surface area contributed by atoms with Crippen molar-refractivity contribution in [2.45, 2.75) is 11.4 Å². The van der Waals surface area contributed by atoms with Gasteiger partial charge in [-0.1, -0.05) is 12.1 Å². The lowest BCUT2D eigenvalue weighted by Gasteiger charge is -2.10. The second kappa shape index (κ2) is 6.02. The molecule has 0 aliphatic carbocycles. The highest BCUT2D eigenvalue weighted by Crippen LogP contribution is 2.24. The second-order valence-electron chi connectivity index (χ2n) is 3.66. The molecule has 19 heavy (non-hydrogen) atoms. The fourth-order valence-electron chi connectivity index (χ4n) is 1.51. The van der Waals surface area contributed by atoms with Crippen molar-refractivity contribution in [1.82, 2.24) is 4.72 Å². The minimum atomic E-state index is -3.60. The summed E-state index contributed by atoms with van der Waals surface area (Å²) in [6, 6.07) is 8.35. The van der Waals surface area contributed by atoms with Gasteiger partial charge in [0.2, 0.25) is 10.0 Å². The van der Waals surface area contributed by atoms with Crippen LogP contribution in [0, 0.1) is 0 Å². The smallest absolute Gasteiger partial charge is 0.243 e. The quantitative estimate of drug-likeness (QED) is 0.563. The van der Waals surface area contributed by atoms with E-state index >= 15 is 0 Å². The number of nitrogens with one attached hydrogen (secondary N) is 2. The zero-order valence-corrected chi connectivity index (χ0v) is 13.0. The highest BCUT2D eigenvalue weighted by Gasteiger charge is 2.18. The lowest BCUT2D eigenvalue weighted by atomic mass is 10.3. The molecule has 102 valence electrons. The number of benzene rings is 1.